The van der Waals surface area contributed by atoms with Gasteiger partial charge < -0.3 is 18.8 Å². The maximum absolute atomic E-state index is 10.0. The van der Waals surface area contributed by atoms with Crippen LogP contribution in [0.3, 0.4) is 0 Å². The van der Waals surface area contributed by atoms with Gasteiger partial charge in [0.2, 0.25) is 0 Å². The van der Waals surface area contributed by atoms with E-state index in [0.29, 0.717) is 17.5 Å². The molecule has 0 amide bonds. The molecule has 0 saturated heterocycles. The molecule has 1 N–H and O–H groups in total. The van der Waals surface area contributed by atoms with Crippen LogP contribution in [0.5, 0.6) is 0 Å². The summed E-state index contributed by atoms with van der Waals surface area (Å²) in [4.78, 5) is 29.6. The molecule has 10 heteroatoms. The van der Waals surface area contributed by atoms with Gasteiger partial charge in [-0.2, -0.15) is 0 Å². The summed E-state index contributed by atoms with van der Waals surface area (Å²) in [6, 6.07) is 127. The van der Waals surface area contributed by atoms with Gasteiger partial charge in [-0.15, -0.1) is 35.9 Å². The summed E-state index contributed by atoms with van der Waals surface area (Å²) in [6.45, 7) is 2.85. The summed E-state index contributed by atoms with van der Waals surface area (Å²) in [5, 5.41) is 24.7. The van der Waals surface area contributed by atoms with Crippen molar-refractivity contribution < 1.29 is 30.0 Å². The number of ketones is 1. The van der Waals surface area contributed by atoms with E-state index in [4.69, 9.17) is 20.1 Å². The van der Waals surface area contributed by atoms with Crippen molar-refractivity contribution in [3.8, 4) is 62.5 Å². The minimum absolute atomic E-state index is 0. The van der Waals surface area contributed by atoms with Crippen LogP contribution in [-0.4, -0.2) is 44.5 Å². The molecule has 0 unspecified atom stereocenters. The first kappa shape index (κ1) is 66.3. The van der Waals surface area contributed by atoms with Crippen molar-refractivity contribution in [1.82, 2.24) is 33.6 Å². The number of para-hydroxylation sites is 6. The third kappa shape index (κ3) is 12.9. The molecule has 15 aromatic carbocycles. The molecule has 0 fully saturated rings. The Morgan fingerprint density at radius 3 is 1.15 bits per heavy atom. The number of aliphatic hydroxyl groups excluding tert-OH is 1. The Morgan fingerprint density at radius 2 is 0.686 bits per heavy atom. The molecule has 0 aliphatic carbocycles. The van der Waals surface area contributed by atoms with Crippen LogP contribution in [0, 0.1) is 6.07 Å². The van der Waals surface area contributed by atoms with Gasteiger partial charge in [-0.25, -0.2) is 15.0 Å². The van der Waals surface area contributed by atoms with E-state index < -0.39 is 0 Å². The molecule has 9 nitrogen and oxygen atoms in total. The molecule has 0 aliphatic rings. The van der Waals surface area contributed by atoms with Gasteiger partial charge in [-0.05, 0) is 142 Å². The van der Waals surface area contributed by atoms with E-state index in [-0.39, 0.29) is 31.6 Å². The Labute approximate surface area is 619 Å². The molecule has 0 spiro atoms. The second-order valence-electron chi connectivity index (χ2n) is 25.8. The topological polar surface area (TPSA) is 104 Å². The molecule has 20 aromatic rings. The fourth-order valence-electron chi connectivity index (χ4n) is 14.6. The number of aliphatic hydroxyl groups is 1. The molecule has 20 rings (SSSR count). The first-order chi connectivity index (χ1) is 51.3. The van der Waals surface area contributed by atoms with Crippen molar-refractivity contribution in [3.63, 3.8) is 0 Å². The van der Waals surface area contributed by atoms with Crippen LogP contribution in [0.25, 0.3) is 171 Å². The quantitative estimate of drug-likeness (QED) is 0.0703. The molecule has 1 radical (unpaired) electrons. The summed E-state index contributed by atoms with van der Waals surface area (Å²) in [5.41, 5.74) is 16.5. The zero-order valence-electron chi connectivity index (χ0n) is 57.4. The zero-order valence-corrected chi connectivity index (χ0v) is 59.8. The van der Waals surface area contributed by atoms with Crippen molar-refractivity contribution in [3.05, 3.63) is 370 Å². The molecule has 5 heterocycles. The van der Waals surface area contributed by atoms with Gasteiger partial charge in [0.15, 0.2) is 23.3 Å². The van der Waals surface area contributed by atoms with Gasteiger partial charge in [0.05, 0.1) is 44.4 Å². The summed E-state index contributed by atoms with van der Waals surface area (Å²) >= 11 is 0. The van der Waals surface area contributed by atoms with E-state index in [9.17, 15) is 4.79 Å². The zero-order chi connectivity index (χ0) is 70.0. The normalized spacial score (nSPS) is 11.4. The average Bonchev–Trinajstić information content (AvgIpc) is 1.70. The second-order valence-corrected chi connectivity index (χ2v) is 25.8. The van der Waals surface area contributed by atoms with E-state index in [1.54, 1.807) is 0 Å². The van der Waals surface area contributed by atoms with Gasteiger partial charge >= 0.3 is 0 Å². The van der Waals surface area contributed by atoms with Crippen LogP contribution in [-0.2, 0) is 24.9 Å². The first-order valence-corrected chi connectivity index (χ1v) is 34.8. The Balaban J connectivity index is 0.000000128. The Hall–Kier alpha value is -13.2. The number of fused-ring (bicyclic) bond motifs is 16. The Kier molecular flexibility index (Phi) is 18.3. The van der Waals surface area contributed by atoms with Crippen molar-refractivity contribution in [2.24, 2.45) is 0 Å². The standard InChI is InChI=1S/C45H28N4.C30H20N2.C15H10N.C5H8O2.Ir/c1-3-14-29(15-4-1)43-46-44(30-16-5-2-6-17-30)48-45(47-43)31-18-13-19-32(26-31)49-41-25-12-11-24-37(41)40-27-38-35-22-9-7-20-33(35)34-21-8-10-23-36(34)39(38)28-42(40)49;1-3-11-21(12-4-1)31-27-17-9-7-15-23(27)25-20-30-26(19-29(25)31)24-16-8-10-18-28(24)32(30)22-13-5-2-6-14-22;1-2-6-12(7-3-1)15-11-10-13-8-4-5-9-14(13)16-15;1-4(6)3-5(2)7;/h1-28H;1-20H;1-6,8-11H;3,6H,1-2H3;/q;;-1;;. The smallest absolute Gasteiger partial charge is 0.164 e. The van der Waals surface area contributed by atoms with Crippen LogP contribution >= 0.6 is 0 Å². The van der Waals surface area contributed by atoms with E-state index in [1.165, 1.54) is 123 Å². The average molecular weight is 1530 g/mol. The van der Waals surface area contributed by atoms with Crippen molar-refractivity contribution in [2.45, 2.75) is 13.8 Å². The monoisotopic (exact) mass is 1530 g/mol. The maximum atomic E-state index is 10.0. The predicted octanol–water partition coefficient (Wildman–Crippen LogP) is 24.0. The van der Waals surface area contributed by atoms with E-state index >= 15 is 0 Å². The maximum Gasteiger partial charge on any atom is 0.164 e. The molecule has 0 saturated carbocycles. The number of nitrogens with zero attached hydrogens (tertiary/aromatic N) is 7. The summed E-state index contributed by atoms with van der Waals surface area (Å²) in [7, 11) is 0. The van der Waals surface area contributed by atoms with Crippen LogP contribution < -0.4 is 0 Å². The first-order valence-electron chi connectivity index (χ1n) is 34.8. The van der Waals surface area contributed by atoms with Gasteiger partial charge in [-0.3, -0.25) is 9.78 Å². The molecular weight excluding hydrogens is 1460 g/mol. The molecule has 5 aromatic heterocycles. The minimum atomic E-state index is -0.125. The molecular formula is C95H66IrN7O2-. The van der Waals surface area contributed by atoms with Crippen molar-refractivity contribution in [2.75, 3.05) is 0 Å². The van der Waals surface area contributed by atoms with E-state index in [2.05, 4.69) is 267 Å². The summed E-state index contributed by atoms with van der Waals surface area (Å²) in [6.07, 6.45) is 1.17. The van der Waals surface area contributed by atoms with Gasteiger partial charge in [-0.1, -0.05) is 243 Å². The molecule has 0 aliphatic heterocycles. The SMILES string of the molecule is CC(=O)C=C(C)O.[Ir].[c-]1ccccc1-c1ccc2ccccc2n1.c1ccc(-c2nc(-c3ccccc3)nc(-c3cccc(-n4c5ccccc5c5cc6c7ccccc7c7ccccc7c6cc54)c3)n2)cc1.c1ccc(-n2c3ccccc3c3cc4c(cc32)c2ccccc2n4-c2ccccc2)cc1. The predicted molar refractivity (Wildman–Crippen MR) is 431 cm³/mol. The van der Waals surface area contributed by atoms with Crippen LogP contribution in [0.1, 0.15) is 13.8 Å². The Morgan fingerprint density at radius 1 is 0.314 bits per heavy atom. The number of rotatable bonds is 8. The molecule has 503 valence electrons. The van der Waals surface area contributed by atoms with E-state index in [1.807, 2.05) is 109 Å². The van der Waals surface area contributed by atoms with E-state index in [0.717, 1.165) is 50.2 Å². The number of allylic oxidation sites excluding steroid dienone is 2. The Bertz CT molecular complexity index is 6460. The van der Waals surface area contributed by atoms with Gasteiger partial charge in [0.25, 0.3) is 0 Å². The van der Waals surface area contributed by atoms with Crippen molar-refractivity contribution >= 4 is 114 Å². The molecule has 105 heavy (non-hydrogen) atoms. The number of carbonyl (C=O) groups is 1. The number of benzene rings is 15. The third-order valence-electron chi connectivity index (χ3n) is 19.1. The fourth-order valence-corrected chi connectivity index (χ4v) is 14.6. The fraction of sp³-hybridized carbons (Fsp3) is 0.0211. The number of aromatic nitrogens is 7. The van der Waals surface area contributed by atoms with Gasteiger partial charge in [0.1, 0.15) is 0 Å². The number of pyridine rings is 1. The summed E-state index contributed by atoms with van der Waals surface area (Å²) < 4.78 is 7.16. The van der Waals surface area contributed by atoms with Gasteiger partial charge in [0, 0.05) is 92.3 Å². The van der Waals surface area contributed by atoms with Crippen LogP contribution in [0.15, 0.2) is 364 Å². The number of hydrogen-bond acceptors (Lipinski definition) is 6. The minimum Gasteiger partial charge on any atom is -0.512 e. The second kappa shape index (κ2) is 29.0. The molecule has 0 atom stereocenters. The summed E-state index contributed by atoms with van der Waals surface area (Å²) in [5.74, 6) is 1.88. The van der Waals surface area contributed by atoms with Crippen LogP contribution in [0.2, 0.25) is 0 Å². The molecule has 0 bridgehead atoms. The third-order valence-corrected chi connectivity index (χ3v) is 19.1. The van der Waals surface area contributed by atoms with Crippen molar-refractivity contribution in [1.29, 1.82) is 0 Å². The number of carbonyl (C=O) groups excluding carboxylic acids is 1. The largest absolute Gasteiger partial charge is 0.512 e. The van der Waals surface area contributed by atoms with Crippen LogP contribution in [0.4, 0.5) is 0 Å². The number of hydrogen-bond donors (Lipinski definition) is 1.